The molecule has 0 heterocycles. The van der Waals surface area contributed by atoms with Gasteiger partial charge < -0.3 is 13.4 Å². The summed E-state index contributed by atoms with van der Waals surface area (Å²) in [5.74, 6) is 1.64. The van der Waals surface area contributed by atoms with Crippen molar-refractivity contribution in [2.75, 3.05) is 0 Å². The second-order valence-electron chi connectivity index (χ2n) is 8.57. The fourth-order valence-electron chi connectivity index (χ4n) is 1.67. The van der Waals surface area contributed by atoms with E-state index < -0.39 is 25.0 Å². The fourth-order valence-corrected chi connectivity index (χ4v) is 3.69. The van der Waals surface area contributed by atoms with Crippen LogP contribution in [-0.4, -0.2) is 31.2 Å². The van der Waals surface area contributed by atoms with Gasteiger partial charge in [0, 0.05) is 0 Å². The molecule has 0 amide bonds. The second-order valence-corrected chi connectivity index (χ2v) is 21.8. The smallest absolute Gasteiger partial charge is 0.278 e. The van der Waals surface area contributed by atoms with Crippen molar-refractivity contribution in [1.82, 2.24) is 0 Å². The number of hydrogen-bond acceptors (Lipinski definition) is 4. The van der Waals surface area contributed by atoms with Gasteiger partial charge in [-0.25, -0.2) is 0 Å². The Labute approximate surface area is 144 Å². The summed E-state index contributed by atoms with van der Waals surface area (Å²) < 4.78 is 17.9. The van der Waals surface area contributed by atoms with Crippen LogP contribution in [0.1, 0.15) is 5.56 Å². The molecule has 0 aliphatic heterocycles. The first-order valence-electron chi connectivity index (χ1n) is 7.99. The van der Waals surface area contributed by atoms with Gasteiger partial charge in [-0.3, -0.25) is 0 Å². The molecule has 130 valence electrons. The van der Waals surface area contributed by atoms with E-state index in [1.807, 2.05) is 18.2 Å². The summed E-state index contributed by atoms with van der Waals surface area (Å²) in [5, 5.41) is 4.12. The zero-order valence-electron chi connectivity index (χ0n) is 16.0. The van der Waals surface area contributed by atoms with E-state index in [9.17, 15) is 0 Å². The first kappa shape index (κ1) is 20.0. The molecule has 7 heteroatoms. The summed E-state index contributed by atoms with van der Waals surface area (Å²) in [5.41, 5.74) is 0.958. The number of hydrogen-bond donors (Lipinski definition) is 0. The molecule has 1 aromatic rings. The van der Waals surface area contributed by atoms with Gasteiger partial charge >= 0.3 is 0 Å². The van der Waals surface area contributed by atoms with Crippen LogP contribution in [0.15, 0.2) is 23.4 Å². The standard InChI is InChI=1S/C16H31NO3Si3/c1-21(2,3)18-15-11-10-14(13-17-20-23(7,8)9)12-16(15)19-22(4,5)6/h10-13H,1-9H3/b17-13+. The molecule has 0 aliphatic rings. The molecule has 0 radical (unpaired) electrons. The molecule has 0 N–H and O–H groups in total. The maximum atomic E-state index is 6.21. The van der Waals surface area contributed by atoms with Crippen LogP contribution < -0.4 is 8.85 Å². The SMILES string of the molecule is C[Si](C)(C)O/N=C/c1ccc(O[Si](C)(C)C)c(O[Si](C)(C)C)c1. The Morgan fingerprint density at radius 1 is 0.739 bits per heavy atom. The van der Waals surface area contributed by atoms with Crippen LogP contribution in [0, 0.1) is 0 Å². The van der Waals surface area contributed by atoms with Crippen LogP contribution in [0.2, 0.25) is 58.9 Å². The third-order valence-corrected chi connectivity index (χ3v) is 4.65. The van der Waals surface area contributed by atoms with Gasteiger partial charge in [-0.05, 0) is 82.7 Å². The quantitative estimate of drug-likeness (QED) is 0.372. The average molecular weight is 370 g/mol. The molecule has 0 saturated carbocycles. The van der Waals surface area contributed by atoms with E-state index >= 15 is 0 Å². The Bertz CT molecular complexity index is 555. The van der Waals surface area contributed by atoms with Gasteiger partial charge in [0.15, 0.2) is 0 Å². The van der Waals surface area contributed by atoms with Crippen molar-refractivity contribution in [2.24, 2.45) is 5.16 Å². The molecule has 0 saturated heterocycles. The highest BCUT2D eigenvalue weighted by molar-refractivity contribution is 6.71. The van der Waals surface area contributed by atoms with E-state index in [0.29, 0.717) is 0 Å². The maximum Gasteiger partial charge on any atom is 0.278 e. The summed E-state index contributed by atoms with van der Waals surface area (Å²) in [6.45, 7) is 19.3. The molecule has 0 aliphatic carbocycles. The summed E-state index contributed by atoms with van der Waals surface area (Å²) in [7, 11) is -5.06. The summed E-state index contributed by atoms with van der Waals surface area (Å²) in [4.78, 5) is 0. The molecule has 0 aromatic heterocycles. The van der Waals surface area contributed by atoms with E-state index in [0.717, 1.165) is 17.1 Å². The lowest BCUT2D eigenvalue weighted by Gasteiger charge is -2.26. The van der Waals surface area contributed by atoms with Crippen LogP contribution in [0.4, 0.5) is 0 Å². The highest BCUT2D eigenvalue weighted by Gasteiger charge is 2.23. The van der Waals surface area contributed by atoms with E-state index in [2.05, 4.69) is 64.1 Å². The number of benzene rings is 1. The Morgan fingerprint density at radius 2 is 1.26 bits per heavy atom. The molecular weight excluding hydrogens is 338 g/mol. The zero-order chi connectivity index (χ0) is 17.9. The molecule has 0 fully saturated rings. The van der Waals surface area contributed by atoms with E-state index in [-0.39, 0.29) is 0 Å². The third-order valence-electron chi connectivity index (χ3n) is 2.33. The minimum Gasteiger partial charge on any atom is -0.542 e. The number of oxime groups is 1. The lowest BCUT2D eigenvalue weighted by Crippen LogP contribution is -2.32. The average Bonchev–Trinajstić information content (AvgIpc) is 2.27. The molecular formula is C16H31NO3Si3. The topological polar surface area (TPSA) is 40.0 Å². The monoisotopic (exact) mass is 369 g/mol. The van der Waals surface area contributed by atoms with Crippen molar-refractivity contribution in [2.45, 2.75) is 58.9 Å². The summed E-state index contributed by atoms with van der Waals surface area (Å²) in [6.07, 6.45) is 1.74. The molecule has 4 nitrogen and oxygen atoms in total. The van der Waals surface area contributed by atoms with Gasteiger partial charge in [-0.1, -0.05) is 0 Å². The molecule has 0 atom stereocenters. The first-order valence-corrected chi connectivity index (χ1v) is 18.2. The molecule has 0 spiro atoms. The second kappa shape index (κ2) is 7.23. The van der Waals surface area contributed by atoms with E-state index in [1.165, 1.54) is 0 Å². The Kier molecular flexibility index (Phi) is 6.28. The summed E-state index contributed by atoms with van der Waals surface area (Å²) >= 11 is 0. The minimum absolute atomic E-state index is 0.809. The first-order chi connectivity index (χ1) is 10.3. The van der Waals surface area contributed by atoms with Gasteiger partial charge in [-0.2, -0.15) is 0 Å². The van der Waals surface area contributed by atoms with Crippen LogP contribution >= 0.6 is 0 Å². The van der Waals surface area contributed by atoms with Gasteiger partial charge in [0.25, 0.3) is 8.32 Å². The lowest BCUT2D eigenvalue weighted by molar-refractivity contribution is 0.338. The molecule has 0 bridgehead atoms. The van der Waals surface area contributed by atoms with Gasteiger partial charge in [-0.15, -0.1) is 5.16 Å². The van der Waals surface area contributed by atoms with Crippen molar-refractivity contribution in [3.05, 3.63) is 23.8 Å². The normalized spacial score (nSPS) is 13.3. The molecule has 23 heavy (non-hydrogen) atoms. The highest BCUT2D eigenvalue weighted by atomic mass is 28.4. The van der Waals surface area contributed by atoms with Crippen molar-refractivity contribution in [3.8, 4) is 11.5 Å². The highest BCUT2D eigenvalue weighted by Crippen LogP contribution is 2.32. The van der Waals surface area contributed by atoms with Crippen molar-refractivity contribution in [3.63, 3.8) is 0 Å². The molecule has 0 unspecified atom stereocenters. The number of nitrogens with zero attached hydrogens (tertiary/aromatic N) is 1. The molecule has 1 rings (SSSR count). The van der Waals surface area contributed by atoms with Crippen LogP contribution in [-0.2, 0) is 4.53 Å². The summed E-state index contributed by atoms with van der Waals surface area (Å²) in [6, 6.07) is 5.96. The minimum atomic E-state index is -1.72. The maximum absolute atomic E-state index is 6.21. The largest absolute Gasteiger partial charge is 0.542 e. The number of rotatable bonds is 7. The van der Waals surface area contributed by atoms with Gasteiger partial charge in [0.05, 0.1) is 6.21 Å². The predicted octanol–water partition coefficient (Wildman–Crippen LogP) is 5.30. The van der Waals surface area contributed by atoms with Crippen molar-refractivity contribution >= 4 is 31.2 Å². The van der Waals surface area contributed by atoms with Crippen molar-refractivity contribution in [1.29, 1.82) is 0 Å². The van der Waals surface area contributed by atoms with Crippen LogP contribution in [0.25, 0.3) is 0 Å². The third kappa shape index (κ3) is 8.97. The van der Waals surface area contributed by atoms with Crippen molar-refractivity contribution < 1.29 is 13.4 Å². The van der Waals surface area contributed by atoms with E-state index in [4.69, 9.17) is 13.4 Å². The van der Waals surface area contributed by atoms with Gasteiger partial charge in [0.2, 0.25) is 16.6 Å². The Balaban J connectivity index is 3.06. The predicted molar refractivity (Wildman–Crippen MR) is 106 cm³/mol. The molecule has 1 aromatic carbocycles. The Morgan fingerprint density at radius 3 is 1.74 bits per heavy atom. The van der Waals surface area contributed by atoms with Crippen LogP contribution in [0.3, 0.4) is 0 Å². The fraction of sp³-hybridized carbons (Fsp3) is 0.562. The van der Waals surface area contributed by atoms with Gasteiger partial charge in [0.1, 0.15) is 11.5 Å². The van der Waals surface area contributed by atoms with Crippen LogP contribution in [0.5, 0.6) is 11.5 Å². The Hall–Kier alpha value is -1.06. The lowest BCUT2D eigenvalue weighted by atomic mass is 10.2. The van der Waals surface area contributed by atoms with E-state index in [1.54, 1.807) is 6.21 Å². The zero-order valence-corrected chi connectivity index (χ0v) is 19.0.